The summed E-state index contributed by atoms with van der Waals surface area (Å²) in [6.45, 7) is 4.31. The van der Waals surface area contributed by atoms with Gasteiger partial charge in [-0.3, -0.25) is 0 Å². The molecule has 0 amide bonds. The molecule has 0 atom stereocenters. The van der Waals surface area contributed by atoms with E-state index in [1.54, 1.807) is 25.2 Å². The van der Waals surface area contributed by atoms with Gasteiger partial charge in [0.05, 0.1) is 21.2 Å². The average molecular weight is 340 g/mol. The van der Waals surface area contributed by atoms with Crippen LogP contribution in [-0.2, 0) is 9.47 Å². The van der Waals surface area contributed by atoms with Crippen LogP contribution in [0.25, 0.3) is 18.8 Å². The van der Waals surface area contributed by atoms with E-state index >= 15 is 0 Å². The van der Waals surface area contributed by atoms with Crippen molar-refractivity contribution in [2.75, 3.05) is 13.2 Å². The predicted octanol–water partition coefficient (Wildman–Crippen LogP) is 4.53. The fourth-order valence-corrected chi connectivity index (χ4v) is 5.82. The lowest BCUT2D eigenvalue weighted by atomic mass is 10.2. The van der Waals surface area contributed by atoms with Crippen molar-refractivity contribution in [3.63, 3.8) is 0 Å². The molecule has 3 aromatic rings. The normalized spacial score (nSPS) is 11.1. The topological polar surface area (TPSA) is 52.6 Å². The molecule has 0 aliphatic carbocycles. The van der Waals surface area contributed by atoms with E-state index in [1.165, 1.54) is 22.7 Å². The van der Waals surface area contributed by atoms with Crippen LogP contribution in [0.4, 0.5) is 0 Å². The van der Waals surface area contributed by atoms with Crippen LogP contribution < -0.4 is 0 Å². The van der Waals surface area contributed by atoms with Crippen molar-refractivity contribution >= 4 is 64.7 Å². The van der Waals surface area contributed by atoms with E-state index in [9.17, 15) is 9.59 Å². The number of ether oxygens (including phenoxy) is 2. The summed E-state index contributed by atoms with van der Waals surface area (Å²) in [6, 6.07) is 3.69. The number of hydrogen-bond donors (Lipinski definition) is 0. The fourth-order valence-electron chi connectivity index (χ4n) is 1.97. The Kier molecular flexibility index (Phi) is 3.97. The molecular formula is C14H12O4S3. The van der Waals surface area contributed by atoms with Crippen molar-refractivity contribution in [1.29, 1.82) is 0 Å². The fraction of sp³-hybridized carbons (Fsp3) is 0.286. The lowest BCUT2D eigenvalue weighted by molar-refractivity contribution is 0.0522. The standard InChI is InChI=1S/C14H12O4S3/c1-3-17-11(15)9-5-7-8-6-10(12(16)18-4-2)20-14(8)21-13(7)19-9/h5-6H,3-4H2,1-2H3. The molecule has 110 valence electrons. The summed E-state index contributed by atoms with van der Waals surface area (Å²) in [7, 11) is 0. The molecule has 0 fully saturated rings. The van der Waals surface area contributed by atoms with Crippen LogP contribution in [0.5, 0.6) is 0 Å². The second-order valence-corrected chi connectivity index (χ2v) is 7.81. The van der Waals surface area contributed by atoms with Crippen molar-refractivity contribution in [1.82, 2.24) is 0 Å². The molecule has 3 rings (SSSR count). The van der Waals surface area contributed by atoms with Crippen LogP contribution in [0.1, 0.15) is 33.2 Å². The van der Waals surface area contributed by atoms with Gasteiger partial charge in [-0.25, -0.2) is 9.59 Å². The highest BCUT2D eigenvalue weighted by atomic mass is 32.2. The highest BCUT2D eigenvalue weighted by Gasteiger charge is 2.19. The lowest BCUT2D eigenvalue weighted by Gasteiger charge is -1.96. The summed E-state index contributed by atoms with van der Waals surface area (Å²) in [5, 5.41) is 2.02. The first-order valence-electron chi connectivity index (χ1n) is 6.44. The van der Waals surface area contributed by atoms with E-state index in [0.29, 0.717) is 23.0 Å². The number of carbonyl (C=O) groups is 2. The summed E-state index contributed by atoms with van der Waals surface area (Å²) in [6.07, 6.45) is 0. The Morgan fingerprint density at radius 3 is 1.67 bits per heavy atom. The first-order valence-corrected chi connectivity index (χ1v) is 8.89. The van der Waals surface area contributed by atoms with Gasteiger partial charge in [-0.15, -0.1) is 34.0 Å². The van der Waals surface area contributed by atoms with Gasteiger partial charge in [0.15, 0.2) is 0 Å². The van der Waals surface area contributed by atoms with E-state index in [1.807, 2.05) is 12.1 Å². The van der Waals surface area contributed by atoms with Crippen LogP contribution in [0.15, 0.2) is 12.1 Å². The zero-order chi connectivity index (χ0) is 15.0. The quantitative estimate of drug-likeness (QED) is 0.655. The molecule has 0 saturated carbocycles. The van der Waals surface area contributed by atoms with Gasteiger partial charge in [0.1, 0.15) is 9.75 Å². The minimum Gasteiger partial charge on any atom is -0.462 e. The highest BCUT2D eigenvalue weighted by molar-refractivity contribution is 7.49. The molecule has 0 N–H and O–H groups in total. The van der Waals surface area contributed by atoms with Gasteiger partial charge in [0.25, 0.3) is 0 Å². The largest absolute Gasteiger partial charge is 0.462 e. The van der Waals surface area contributed by atoms with Crippen molar-refractivity contribution in [3.05, 3.63) is 21.9 Å². The Bertz CT molecular complexity index is 757. The second kappa shape index (κ2) is 5.75. The molecule has 0 spiro atoms. The van der Waals surface area contributed by atoms with Gasteiger partial charge in [0.2, 0.25) is 0 Å². The number of hydrogen-bond acceptors (Lipinski definition) is 7. The smallest absolute Gasteiger partial charge is 0.348 e. The van der Waals surface area contributed by atoms with E-state index in [4.69, 9.17) is 9.47 Å². The van der Waals surface area contributed by atoms with Crippen molar-refractivity contribution in [3.8, 4) is 0 Å². The molecule has 0 bridgehead atoms. The monoisotopic (exact) mass is 340 g/mol. The Hall–Kier alpha value is -1.44. The maximum absolute atomic E-state index is 11.8. The van der Waals surface area contributed by atoms with E-state index in [2.05, 4.69) is 0 Å². The lowest BCUT2D eigenvalue weighted by Crippen LogP contribution is -2.01. The highest BCUT2D eigenvalue weighted by Crippen LogP contribution is 2.43. The van der Waals surface area contributed by atoms with Gasteiger partial charge in [-0.1, -0.05) is 0 Å². The molecular weight excluding hydrogens is 328 g/mol. The van der Waals surface area contributed by atoms with Crippen LogP contribution in [-0.4, -0.2) is 25.2 Å². The van der Waals surface area contributed by atoms with Crippen LogP contribution in [0.2, 0.25) is 0 Å². The van der Waals surface area contributed by atoms with E-state index in [0.717, 1.165) is 18.8 Å². The molecule has 4 nitrogen and oxygen atoms in total. The second-order valence-electron chi connectivity index (χ2n) is 4.17. The summed E-state index contributed by atoms with van der Waals surface area (Å²) in [5.41, 5.74) is 0. The maximum Gasteiger partial charge on any atom is 0.348 e. The Labute approximate surface area is 132 Å². The Balaban J connectivity index is 2.02. The molecule has 0 radical (unpaired) electrons. The maximum atomic E-state index is 11.8. The van der Waals surface area contributed by atoms with Crippen molar-refractivity contribution in [2.24, 2.45) is 0 Å². The Morgan fingerprint density at radius 2 is 1.29 bits per heavy atom. The Morgan fingerprint density at radius 1 is 0.857 bits per heavy atom. The molecule has 3 heterocycles. The summed E-state index contributed by atoms with van der Waals surface area (Å²) in [4.78, 5) is 24.7. The van der Waals surface area contributed by atoms with Crippen molar-refractivity contribution in [2.45, 2.75) is 13.8 Å². The molecule has 7 heteroatoms. The predicted molar refractivity (Wildman–Crippen MR) is 87.0 cm³/mol. The van der Waals surface area contributed by atoms with Crippen LogP contribution in [0, 0.1) is 0 Å². The SMILES string of the molecule is CCOC(=O)c1cc2c(s1)sc1sc(C(=O)OCC)cc12. The summed E-state index contributed by atoms with van der Waals surface area (Å²) >= 11 is 4.47. The number of fused-ring (bicyclic) bond motifs is 3. The third-order valence-electron chi connectivity index (χ3n) is 2.82. The molecule has 0 unspecified atom stereocenters. The summed E-state index contributed by atoms with van der Waals surface area (Å²) < 4.78 is 12.2. The van der Waals surface area contributed by atoms with Gasteiger partial charge in [-0.05, 0) is 26.0 Å². The average Bonchev–Trinajstić information content (AvgIpc) is 3.08. The van der Waals surface area contributed by atoms with Crippen LogP contribution in [0.3, 0.4) is 0 Å². The van der Waals surface area contributed by atoms with E-state index in [-0.39, 0.29) is 11.9 Å². The molecule has 0 aromatic carbocycles. The molecule has 0 aliphatic heterocycles. The zero-order valence-electron chi connectivity index (χ0n) is 11.4. The number of esters is 2. The number of thiophene rings is 3. The van der Waals surface area contributed by atoms with Gasteiger partial charge < -0.3 is 9.47 Å². The van der Waals surface area contributed by atoms with Gasteiger partial charge in [0, 0.05) is 10.8 Å². The summed E-state index contributed by atoms with van der Waals surface area (Å²) in [5.74, 6) is -0.584. The number of rotatable bonds is 4. The van der Waals surface area contributed by atoms with Crippen LogP contribution >= 0.6 is 34.0 Å². The zero-order valence-corrected chi connectivity index (χ0v) is 13.9. The molecule has 0 saturated heterocycles. The first-order chi connectivity index (χ1) is 10.1. The third-order valence-corrected chi connectivity index (χ3v) is 6.45. The number of carbonyl (C=O) groups excluding carboxylic acids is 2. The van der Waals surface area contributed by atoms with Crippen molar-refractivity contribution < 1.29 is 19.1 Å². The molecule has 3 aromatic heterocycles. The molecule has 0 aliphatic rings. The van der Waals surface area contributed by atoms with Gasteiger partial charge >= 0.3 is 11.9 Å². The molecule has 21 heavy (non-hydrogen) atoms. The third kappa shape index (κ3) is 2.56. The van der Waals surface area contributed by atoms with E-state index < -0.39 is 0 Å². The van der Waals surface area contributed by atoms with Gasteiger partial charge in [-0.2, -0.15) is 0 Å². The minimum atomic E-state index is -0.292. The first kappa shape index (κ1) is 14.5. The minimum absolute atomic E-state index is 0.292.